The molecule has 0 aromatic carbocycles. The minimum atomic E-state index is -1.82. The van der Waals surface area contributed by atoms with E-state index in [1.807, 2.05) is 36.4 Å². The maximum Gasteiger partial charge on any atom is 0.414 e. The van der Waals surface area contributed by atoms with Crippen LogP contribution in [-0.4, -0.2) is 123 Å². The van der Waals surface area contributed by atoms with Crippen LogP contribution in [0.2, 0.25) is 0 Å². The zero-order valence-electron chi connectivity index (χ0n) is 41.5. The van der Waals surface area contributed by atoms with Gasteiger partial charge in [0.1, 0.15) is 0 Å². The number of carboxylic acid groups (broad SMARTS) is 8. The molecular formula is C44H78N8O16Pt4. The zero-order valence-corrected chi connectivity index (χ0v) is 50.6. The second kappa shape index (κ2) is 53.9. The number of rotatable bonds is 11. The van der Waals surface area contributed by atoms with E-state index < -0.39 is 47.8 Å². The summed E-state index contributed by atoms with van der Waals surface area (Å²) in [4.78, 5) is 81.2. The Morgan fingerprint density at radius 1 is 0.486 bits per heavy atom. The molecule has 2 heterocycles. The van der Waals surface area contributed by atoms with Crippen molar-refractivity contribution in [1.29, 1.82) is 0 Å². The van der Waals surface area contributed by atoms with Gasteiger partial charge in [-0.05, 0) is 98.8 Å². The van der Waals surface area contributed by atoms with Gasteiger partial charge in [0.05, 0.1) is 11.4 Å². The largest absolute Gasteiger partial charge is 0.473 e. The Balaban J connectivity index is -0.0000000911. The average Bonchev–Trinajstić information content (AvgIpc) is 3.23. The number of pyridine rings is 2. The van der Waals surface area contributed by atoms with Crippen LogP contribution in [0.5, 0.6) is 0 Å². The van der Waals surface area contributed by atoms with Gasteiger partial charge in [-0.15, -0.1) is 0 Å². The molecule has 0 saturated heterocycles. The molecular weight excluding hydrogens is 1680 g/mol. The summed E-state index contributed by atoms with van der Waals surface area (Å²) >= 11 is 0. The van der Waals surface area contributed by atoms with Gasteiger partial charge < -0.3 is 75.3 Å². The van der Waals surface area contributed by atoms with E-state index in [0.29, 0.717) is 24.3 Å². The van der Waals surface area contributed by atoms with E-state index in [0.717, 1.165) is 55.3 Å². The fourth-order valence-corrected chi connectivity index (χ4v) is 5.35. The van der Waals surface area contributed by atoms with E-state index in [4.69, 9.17) is 114 Å². The molecule has 28 heteroatoms. The second-order valence-electron chi connectivity index (χ2n) is 16.7. The number of hydrogen-bond donors (Lipinski definition) is 14. The molecule has 0 radical (unpaired) electrons. The molecule has 24 nitrogen and oxygen atoms in total. The number of carbonyl (C=O) groups is 8. The first kappa shape index (κ1) is 88.2. The van der Waals surface area contributed by atoms with Crippen LogP contribution < -0.4 is 34.4 Å². The molecule has 1 saturated carbocycles. The van der Waals surface area contributed by atoms with Crippen molar-refractivity contribution in [3.05, 3.63) is 60.2 Å². The van der Waals surface area contributed by atoms with Gasteiger partial charge in [0, 0.05) is 133 Å². The van der Waals surface area contributed by atoms with Crippen LogP contribution >= 0.6 is 0 Å². The standard InChI is InChI=1S/C10H22N2.2C10H16N2.C6H16N2.4C2H2O4.4Pt/c1-7(2)5-8-3-4-9(11)10(12)6-8;2*1-8(2)7-9(11)10-5-3-4-6-12-10;1-5(2)3-6(8)4-7;4*3-1(4)2(5)6;;;;/h7-10H,3-6,11-12H2,1-2H3;2*3-6,8-9H,7,11H2,1-2H3;5-6H,3-4,7-8H2,1-2H3;4*(H,3,4)(H,5,6);;;;/t;;;6-;;;;;;;;/m...0......../s1. The molecule has 2 aromatic heterocycles. The van der Waals surface area contributed by atoms with Crippen LogP contribution in [-0.2, 0) is 123 Å². The van der Waals surface area contributed by atoms with Crippen molar-refractivity contribution in [3.8, 4) is 0 Å². The average molecular weight is 1760 g/mol. The van der Waals surface area contributed by atoms with Crippen LogP contribution in [0.4, 0.5) is 0 Å². The Hall–Kier alpha value is -3.43. The number of carboxylic acids is 8. The van der Waals surface area contributed by atoms with Crippen molar-refractivity contribution in [2.75, 3.05) is 6.54 Å². The van der Waals surface area contributed by atoms with E-state index >= 15 is 0 Å². The van der Waals surface area contributed by atoms with Crippen LogP contribution in [0.15, 0.2) is 48.8 Å². The molecule has 2 aromatic rings. The molecule has 0 amide bonds. The van der Waals surface area contributed by atoms with E-state index in [9.17, 15) is 0 Å². The Kier molecular flexibility index (Phi) is 66.0. The topological polar surface area (TPSA) is 480 Å². The summed E-state index contributed by atoms with van der Waals surface area (Å²) in [6.07, 6.45) is 11.5. The van der Waals surface area contributed by atoms with Gasteiger partial charge in [0.25, 0.3) is 0 Å². The van der Waals surface area contributed by atoms with E-state index in [1.54, 1.807) is 12.4 Å². The van der Waals surface area contributed by atoms with Crippen LogP contribution in [0.25, 0.3) is 0 Å². The van der Waals surface area contributed by atoms with Crippen molar-refractivity contribution in [1.82, 2.24) is 9.97 Å². The van der Waals surface area contributed by atoms with Gasteiger partial charge >= 0.3 is 47.8 Å². The summed E-state index contributed by atoms with van der Waals surface area (Å²) in [5, 5.41) is 59.1. The monoisotopic (exact) mass is 1750 g/mol. The molecule has 1 fully saturated rings. The molecule has 5 unspecified atom stereocenters. The van der Waals surface area contributed by atoms with Crippen LogP contribution in [0.1, 0.15) is 124 Å². The SMILES string of the molecule is CC(C)CC(N)c1ccccn1.CC(C)CC(N)c1ccccn1.CC(C)CC1CCC(N)C(N)C1.CC(C)C[C@H](N)CN.O=C(O)C(=O)O.O=C(O)C(=O)O.O=C(O)C(=O)O.O=C(O)C(=O)O.[Pt].[Pt].[Pt].[Pt]. The third kappa shape index (κ3) is 62.7. The van der Waals surface area contributed by atoms with Gasteiger partial charge in [-0.1, -0.05) is 67.5 Å². The summed E-state index contributed by atoms with van der Waals surface area (Å²) in [7, 11) is 0. The zero-order chi connectivity index (χ0) is 54.3. The molecule has 0 aliphatic heterocycles. The first-order valence-corrected chi connectivity index (χ1v) is 21.4. The summed E-state index contributed by atoms with van der Waals surface area (Å²) < 4.78 is 0. The number of aromatic nitrogens is 2. The Labute approximate surface area is 479 Å². The smallest absolute Gasteiger partial charge is 0.414 e. The van der Waals surface area contributed by atoms with Gasteiger partial charge in [-0.25, -0.2) is 38.4 Å². The molecule has 3 rings (SSSR count). The van der Waals surface area contributed by atoms with Crippen molar-refractivity contribution in [2.24, 2.45) is 64.0 Å². The second-order valence-corrected chi connectivity index (χ2v) is 16.7. The summed E-state index contributed by atoms with van der Waals surface area (Å²) in [6, 6.07) is 12.6. The van der Waals surface area contributed by atoms with Crippen molar-refractivity contribution < 1.29 is 163 Å². The number of nitrogens with two attached hydrogens (primary N) is 6. The molecule has 1 aliphatic carbocycles. The van der Waals surface area contributed by atoms with E-state index in [2.05, 4.69) is 65.4 Å². The number of nitrogens with zero attached hydrogens (tertiary/aromatic N) is 2. The summed E-state index contributed by atoms with van der Waals surface area (Å²) in [5.41, 5.74) is 36.5. The quantitative estimate of drug-likeness (QED) is 0.144. The minimum Gasteiger partial charge on any atom is -0.473 e. The molecule has 6 atom stereocenters. The number of aliphatic carboxylic acids is 8. The molecule has 20 N–H and O–H groups in total. The molecule has 0 spiro atoms. The van der Waals surface area contributed by atoms with E-state index in [-0.39, 0.29) is 114 Å². The summed E-state index contributed by atoms with van der Waals surface area (Å²) in [5.74, 6) is -11.0. The van der Waals surface area contributed by atoms with E-state index in [1.165, 1.54) is 12.8 Å². The van der Waals surface area contributed by atoms with Gasteiger partial charge in [-0.3, -0.25) is 9.97 Å². The van der Waals surface area contributed by atoms with Gasteiger partial charge in [0.15, 0.2) is 0 Å². The maximum absolute atomic E-state index is 9.10. The molecule has 72 heavy (non-hydrogen) atoms. The Morgan fingerprint density at radius 3 is 0.958 bits per heavy atom. The van der Waals surface area contributed by atoms with Crippen molar-refractivity contribution in [3.63, 3.8) is 0 Å². The Morgan fingerprint density at radius 2 is 0.778 bits per heavy atom. The Bertz CT molecular complexity index is 1530. The molecule has 430 valence electrons. The first-order chi connectivity index (χ1) is 31.2. The van der Waals surface area contributed by atoms with Crippen LogP contribution in [0.3, 0.4) is 0 Å². The fourth-order valence-electron chi connectivity index (χ4n) is 5.35. The third-order valence-corrected chi connectivity index (χ3v) is 8.26. The first-order valence-electron chi connectivity index (χ1n) is 21.4. The number of hydrogen-bond acceptors (Lipinski definition) is 16. The van der Waals surface area contributed by atoms with Crippen molar-refractivity contribution in [2.45, 2.75) is 131 Å². The van der Waals surface area contributed by atoms with Crippen LogP contribution in [0, 0.1) is 29.6 Å². The third-order valence-electron chi connectivity index (χ3n) is 8.26. The maximum atomic E-state index is 9.10. The van der Waals surface area contributed by atoms with Gasteiger partial charge in [-0.2, -0.15) is 0 Å². The predicted molar refractivity (Wildman–Crippen MR) is 252 cm³/mol. The predicted octanol–water partition coefficient (Wildman–Crippen LogP) is 2.67. The summed E-state index contributed by atoms with van der Waals surface area (Å²) in [6.45, 7) is 18.1. The van der Waals surface area contributed by atoms with Crippen molar-refractivity contribution >= 4 is 47.8 Å². The fraction of sp³-hybridized carbons (Fsp3) is 0.591. The molecule has 1 aliphatic rings. The minimum absolute atomic E-state index is 0. The van der Waals surface area contributed by atoms with Gasteiger partial charge in [0.2, 0.25) is 0 Å². The molecule has 0 bridgehead atoms. The normalized spacial score (nSPS) is 14.7.